The predicted molar refractivity (Wildman–Crippen MR) is 123 cm³/mol. The van der Waals surface area contributed by atoms with Crippen LogP contribution in [0, 0.1) is 6.92 Å². The van der Waals surface area contributed by atoms with E-state index >= 15 is 0 Å². The minimum atomic E-state index is -1.07. The Hall–Kier alpha value is -3.59. The van der Waals surface area contributed by atoms with E-state index in [0.29, 0.717) is 29.1 Å². The summed E-state index contributed by atoms with van der Waals surface area (Å²) >= 11 is 0. The van der Waals surface area contributed by atoms with Gasteiger partial charge in [0.15, 0.2) is 0 Å². The first-order valence-corrected chi connectivity index (χ1v) is 10.2. The van der Waals surface area contributed by atoms with Gasteiger partial charge in [0.25, 0.3) is 0 Å². The Morgan fingerprint density at radius 1 is 1.09 bits per heavy atom. The van der Waals surface area contributed by atoms with Gasteiger partial charge in [0.1, 0.15) is 11.4 Å². The molecule has 9 nitrogen and oxygen atoms in total. The number of para-hydroxylation sites is 1. The van der Waals surface area contributed by atoms with Crippen LogP contribution >= 0.6 is 0 Å². The summed E-state index contributed by atoms with van der Waals surface area (Å²) in [7, 11) is 3.10. The molecule has 2 aromatic rings. The fourth-order valence-corrected chi connectivity index (χ4v) is 3.62. The molecule has 32 heavy (non-hydrogen) atoms. The number of carbonyl (C=O) groups is 3. The van der Waals surface area contributed by atoms with Gasteiger partial charge in [-0.2, -0.15) is 0 Å². The first-order valence-electron chi connectivity index (χ1n) is 10.2. The zero-order valence-electron chi connectivity index (χ0n) is 19.0. The van der Waals surface area contributed by atoms with E-state index in [-0.39, 0.29) is 12.5 Å². The number of urea groups is 1. The van der Waals surface area contributed by atoms with Crippen molar-refractivity contribution >= 4 is 29.3 Å². The molecule has 0 saturated carbocycles. The maximum Gasteiger partial charge on any atom is 0.323 e. The third-order valence-electron chi connectivity index (χ3n) is 5.24. The summed E-state index contributed by atoms with van der Waals surface area (Å²) < 4.78 is 5.48. The molecule has 0 aliphatic rings. The third kappa shape index (κ3) is 5.76. The van der Waals surface area contributed by atoms with Crippen molar-refractivity contribution in [2.45, 2.75) is 32.9 Å². The van der Waals surface area contributed by atoms with Crippen molar-refractivity contribution in [3.63, 3.8) is 0 Å². The molecule has 2 aromatic carbocycles. The van der Waals surface area contributed by atoms with Crippen molar-refractivity contribution in [3.8, 4) is 5.75 Å². The average Bonchev–Trinajstić information content (AvgIpc) is 2.73. The molecular formula is C23H30N4O5. The monoisotopic (exact) mass is 442 g/mol. The van der Waals surface area contributed by atoms with Crippen LogP contribution in [-0.2, 0) is 15.3 Å². The van der Waals surface area contributed by atoms with E-state index in [9.17, 15) is 19.5 Å². The van der Waals surface area contributed by atoms with Crippen LogP contribution < -0.4 is 20.7 Å². The summed E-state index contributed by atoms with van der Waals surface area (Å²) in [5.41, 5.74) is 1.59. The number of benzene rings is 2. The number of likely N-dealkylation sites (N-methyl/N-ethyl adjacent to an activating group) is 1. The lowest BCUT2D eigenvalue weighted by molar-refractivity contribution is -0.141. The van der Waals surface area contributed by atoms with Gasteiger partial charge in [-0.3, -0.25) is 14.5 Å². The second-order valence-electron chi connectivity index (χ2n) is 7.45. The van der Waals surface area contributed by atoms with Crippen molar-refractivity contribution < 1.29 is 24.2 Å². The average molecular weight is 443 g/mol. The van der Waals surface area contributed by atoms with Crippen molar-refractivity contribution in [2.75, 3.05) is 31.3 Å². The highest BCUT2D eigenvalue weighted by atomic mass is 16.5. The third-order valence-corrected chi connectivity index (χ3v) is 5.24. The topological polar surface area (TPSA) is 120 Å². The highest BCUT2D eigenvalue weighted by Crippen LogP contribution is 2.34. The molecule has 1 atom stereocenters. The van der Waals surface area contributed by atoms with Crippen molar-refractivity contribution in [3.05, 3.63) is 53.6 Å². The van der Waals surface area contributed by atoms with Crippen LogP contribution in [0.25, 0.3) is 0 Å². The van der Waals surface area contributed by atoms with E-state index in [2.05, 4.69) is 16.0 Å². The Kier molecular flexibility index (Phi) is 8.20. The Bertz CT molecular complexity index is 994. The van der Waals surface area contributed by atoms with E-state index in [1.165, 1.54) is 14.0 Å². The molecule has 2 rings (SSSR count). The number of carboxylic acids is 1. The van der Waals surface area contributed by atoms with Crippen LogP contribution in [0.2, 0.25) is 0 Å². The van der Waals surface area contributed by atoms with E-state index in [4.69, 9.17) is 4.74 Å². The lowest BCUT2D eigenvalue weighted by Crippen LogP contribution is -2.57. The summed E-state index contributed by atoms with van der Waals surface area (Å²) in [6.45, 7) is 4.84. The molecule has 0 aliphatic carbocycles. The standard InChI is InChI=1S/C23H30N4O5/c1-6-23(26-16(3)28,27(4)14-21(29)30)17-11-12-19(20(13-17)32-5)25-22(31)24-18-10-8-7-9-15(18)2/h7-13H,6,14H2,1-5H3,(H,26,28)(H,29,30)(H2,24,25,31). The van der Waals surface area contributed by atoms with Gasteiger partial charge in [0.2, 0.25) is 5.91 Å². The normalized spacial score (nSPS) is 12.6. The summed E-state index contributed by atoms with van der Waals surface area (Å²) in [6.07, 6.45) is 0.403. The van der Waals surface area contributed by atoms with E-state index in [1.54, 1.807) is 36.2 Å². The first kappa shape index (κ1) is 24.7. The number of aliphatic carboxylic acids is 1. The van der Waals surface area contributed by atoms with Crippen molar-refractivity contribution in [2.24, 2.45) is 0 Å². The molecule has 0 fully saturated rings. The fourth-order valence-electron chi connectivity index (χ4n) is 3.62. The Morgan fingerprint density at radius 3 is 2.31 bits per heavy atom. The van der Waals surface area contributed by atoms with Gasteiger partial charge < -0.3 is 25.8 Å². The number of amides is 3. The number of nitrogens with zero attached hydrogens (tertiary/aromatic N) is 1. The smallest absolute Gasteiger partial charge is 0.323 e. The molecular weight excluding hydrogens is 412 g/mol. The molecule has 0 bridgehead atoms. The maximum atomic E-state index is 12.5. The Morgan fingerprint density at radius 2 is 1.75 bits per heavy atom. The molecule has 1 unspecified atom stereocenters. The van der Waals surface area contributed by atoms with Crippen LogP contribution in [0.15, 0.2) is 42.5 Å². The second-order valence-corrected chi connectivity index (χ2v) is 7.45. The number of anilines is 2. The highest BCUT2D eigenvalue weighted by molar-refractivity contribution is 6.01. The van der Waals surface area contributed by atoms with Gasteiger partial charge in [-0.15, -0.1) is 0 Å². The van der Waals surface area contributed by atoms with Crippen LogP contribution in [0.4, 0.5) is 16.2 Å². The lowest BCUT2D eigenvalue weighted by Gasteiger charge is -2.41. The number of ether oxygens (including phenoxy) is 1. The zero-order valence-corrected chi connectivity index (χ0v) is 19.0. The second kappa shape index (κ2) is 10.6. The van der Waals surface area contributed by atoms with Crippen LogP contribution in [0.1, 0.15) is 31.4 Å². The minimum absolute atomic E-state index is 0.282. The molecule has 4 N–H and O–H groups in total. The summed E-state index contributed by atoms with van der Waals surface area (Å²) in [5.74, 6) is -0.953. The number of hydrogen-bond donors (Lipinski definition) is 4. The first-order chi connectivity index (χ1) is 15.1. The summed E-state index contributed by atoms with van der Waals surface area (Å²) in [5, 5.41) is 17.7. The van der Waals surface area contributed by atoms with Crippen molar-refractivity contribution in [1.82, 2.24) is 10.2 Å². The largest absolute Gasteiger partial charge is 0.495 e. The molecule has 0 radical (unpaired) electrons. The quantitative estimate of drug-likeness (QED) is 0.442. The minimum Gasteiger partial charge on any atom is -0.495 e. The number of rotatable bonds is 9. The van der Waals surface area contributed by atoms with E-state index in [1.807, 2.05) is 32.0 Å². The molecule has 0 spiro atoms. The van der Waals surface area contributed by atoms with Crippen LogP contribution in [0.3, 0.4) is 0 Å². The highest BCUT2D eigenvalue weighted by Gasteiger charge is 2.37. The Balaban J connectivity index is 2.37. The SMILES string of the molecule is CCC(NC(C)=O)(c1ccc(NC(=O)Nc2ccccc2C)c(OC)c1)N(C)CC(=O)O. The molecule has 0 saturated heterocycles. The number of carboxylic acid groups (broad SMARTS) is 1. The molecule has 172 valence electrons. The molecule has 9 heteroatoms. The van der Waals surface area contributed by atoms with E-state index in [0.717, 1.165) is 5.56 Å². The van der Waals surface area contributed by atoms with Gasteiger partial charge in [0, 0.05) is 12.6 Å². The van der Waals surface area contributed by atoms with Gasteiger partial charge in [-0.05, 0) is 49.7 Å². The number of aryl methyl sites for hydroxylation is 1. The van der Waals surface area contributed by atoms with Gasteiger partial charge in [-0.1, -0.05) is 31.2 Å². The molecule has 0 aromatic heterocycles. The molecule has 0 aliphatic heterocycles. The van der Waals surface area contributed by atoms with Gasteiger partial charge >= 0.3 is 12.0 Å². The molecule has 3 amide bonds. The predicted octanol–water partition coefficient (Wildman–Crippen LogP) is 3.36. The maximum absolute atomic E-state index is 12.5. The Labute approximate surface area is 187 Å². The lowest BCUT2D eigenvalue weighted by atomic mass is 9.93. The summed E-state index contributed by atoms with van der Waals surface area (Å²) in [4.78, 5) is 37.4. The number of nitrogens with one attached hydrogen (secondary N) is 3. The van der Waals surface area contributed by atoms with Gasteiger partial charge in [-0.25, -0.2) is 4.79 Å². The molecule has 0 heterocycles. The fraction of sp³-hybridized carbons (Fsp3) is 0.348. The summed E-state index contributed by atoms with van der Waals surface area (Å²) in [6, 6.07) is 12.0. The van der Waals surface area contributed by atoms with Crippen LogP contribution in [0.5, 0.6) is 5.75 Å². The zero-order chi connectivity index (χ0) is 23.9. The number of carbonyl (C=O) groups excluding carboxylic acids is 2. The van der Waals surface area contributed by atoms with E-state index < -0.39 is 17.7 Å². The van der Waals surface area contributed by atoms with Gasteiger partial charge in [0.05, 0.1) is 19.3 Å². The number of hydrogen-bond acceptors (Lipinski definition) is 5. The van der Waals surface area contributed by atoms with Crippen molar-refractivity contribution in [1.29, 1.82) is 0 Å². The van der Waals surface area contributed by atoms with Crippen LogP contribution in [-0.4, -0.2) is 48.6 Å². The number of methoxy groups -OCH3 is 1.